The summed E-state index contributed by atoms with van der Waals surface area (Å²) >= 11 is 0.870. The van der Waals surface area contributed by atoms with Crippen molar-refractivity contribution in [3.8, 4) is 0 Å². The molecule has 2 aromatic rings. The topological polar surface area (TPSA) is 24.4 Å². The van der Waals surface area contributed by atoms with Crippen LogP contribution in [0.2, 0.25) is 0 Å². The number of halogens is 6. The van der Waals surface area contributed by atoms with E-state index < -0.39 is 46.3 Å². The molecule has 2 nitrogen and oxygen atoms in total. The summed E-state index contributed by atoms with van der Waals surface area (Å²) in [6.07, 6.45) is 1.47. The second-order valence-corrected chi connectivity index (χ2v) is 4.96. The van der Waals surface area contributed by atoms with Gasteiger partial charge in [0.1, 0.15) is 5.69 Å². The van der Waals surface area contributed by atoms with Gasteiger partial charge in [0.2, 0.25) is 0 Å². The van der Waals surface area contributed by atoms with E-state index in [4.69, 9.17) is 0 Å². The first-order chi connectivity index (χ1) is 10.8. The summed E-state index contributed by atoms with van der Waals surface area (Å²) in [5.41, 5.74) is -0.983. The number of thioether (sulfide) groups is 1. The van der Waals surface area contributed by atoms with Crippen LogP contribution in [0.25, 0.3) is 0 Å². The Balaban J connectivity index is 2.38. The van der Waals surface area contributed by atoms with Crippen LogP contribution in [0.5, 0.6) is 0 Å². The van der Waals surface area contributed by atoms with Gasteiger partial charge in [-0.15, -0.1) is 0 Å². The van der Waals surface area contributed by atoms with Crippen molar-refractivity contribution in [2.75, 3.05) is 11.6 Å². The predicted molar refractivity (Wildman–Crippen MR) is 76.9 cm³/mol. The number of hydrogen-bond acceptors (Lipinski definition) is 2. The first-order valence-corrected chi connectivity index (χ1v) is 7.24. The van der Waals surface area contributed by atoms with Crippen LogP contribution < -0.4 is 5.32 Å². The molecule has 0 saturated carbocycles. The molecule has 0 aliphatic carbocycles. The van der Waals surface area contributed by atoms with E-state index in [1.807, 2.05) is 0 Å². The first-order valence-electron chi connectivity index (χ1n) is 6.01. The molecule has 1 N–H and O–H groups in total. The van der Waals surface area contributed by atoms with Crippen molar-refractivity contribution in [2.24, 2.45) is 4.99 Å². The normalized spacial score (nSPS) is 11.7. The molecular weight excluding hydrogens is 342 g/mol. The van der Waals surface area contributed by atoms with E-state index in [-0.39, 0.29) is 5.17 Å². The number of rotatable bonds is 2. The third kappa shape index (κ3) is 3.61. The highest BCUT2D eigenvalue weighted by Crippen LogP contribution is 2.25. The van der Waals surface area contributed by atoms with E-state index in [1.165, 1.54) is 6.26 Å². The summed E-state index contributed by atoms with van der Waals surface area (Å²) in [5, 5.41) is 2.18. The summed E-state index contributed by atoms with van der Waals surface area (Å²) < 4.78 is 79.1. The van der Waals surface area contributed by atoms with Crippen LogP contribution in [0.1, 0.15) is 0 Å². The molecule has 0 radical (unpaired) electrons. The number of nitrogens with one attached hydrogen (secondary N) is 1. The van der Waals surface area contributed by atoms with Gasteiger partial charge in [0.05, 0.1) is 5.69 Å². The number of nitrogens with zero attached hydrogens (tertiary/aromatic N) is 1. The van der Waals surface area contributed by atoms with E-state index in [0.29, 0.717) is 12.1 Å². The standard InChI is InChI=1S/C14H8F6N2S/c1-23-14(21-8-4-2-6(15)10(17)12(8)19)22-9-5-3-7(16)11(18)13(9)20/h2-5H,1H3,(H,21,22). The molecule has 0 atom stereocenters. The Hall–Kier alpha value is -2.16. The van der Waals surface area contributed by atoms with Crippen LogP contribution in [0.15, 0.2) is 29.3 Å². The van der Waals surface area contributed by atoms with Gasteiger partial charge in [-0.2, -0.15) is 0 Å². The summed E-state index contributed by atoms with van der Waals surface area (Å²) in [7, 11) is 0. The van der Waals surface area contributed by atoms with Gasteiger partial charge in [0.15, 0.2) is 40.1 Å². The minimum atomic E-state index is -1.70. The van der Waals surface area contributed by atoms with E-state index in [0.717, 1.165) is 23.9 Å². The molecule has 2 aromatic carbocycles. The smallest absolute Gasteiger partial charge is 0.196 e. The zero-order valence-electron chi connectivity index (χ0n) is 11.4. The van der Waals surface area contributed by atoms with Crippen molar-refractivity contribution in [3.05, 3.63) is 59.2 Å². The number of anilines is 1. The van der Waals surface area contributed by atoms with Crippen LogP contribution in [0.4, 0.5) is 37.7 Å². The van der Waals surface area contributed by atoms with Crippen LogP contribution in [-0.4, -0.2) is 11.4 Å². The third-order valence-electron chi connectivity index (χ3n) is 2.71. The molecular formula is C14H8F6N2S. The molecule has 9 heteroatoms. The maximum atomic E-state index is 13.6. The average Bonchev–Trinajstić information content (AvgIpc) is 2.54. The lowest BCUT2D eigenvalue weighted by Gasteiger charge is -2.10. The van der Waals surface area contributed by atoms with Gasteiger partial charge >= 0.3 is 0 Å². The lowest BCUT2D eigenvalue weighted by molar-refractivity contribution is 0.448. The van der Waals surface area contributed by atoms with Gasteiger partial charge in [0, 0.05) is 0 Å². The quantitative estimate of drug-likeness (QED) is 0.357. The fourth-order valence-electron chi connectivity index (χ4n) is 1.57. The molecule has 2 rings (SSSR count). The molecule has 23 heavy (non-hydrogen) atoms. The third-order valence-corrected chi connectivity index (χ3v) is 3.29. The fourth-order valence-corrected chi connectivity index (χ4v) is 1.98. The Labute approximate surface area is 131 Å². The maximum Gasteiger partial charge on any atom is 0.196 e. The number of aliphatic imine (C=N–C) groups is 1. The fraction of sp³-hybridized carbons (Fsp3) is 0.0714. The van der Waals surface area contributed by atoms with Gasteiger partial charge < -0.3 is 5.32 Å². The molecule has 0 bridgehead atoms. The highest BCUT2D eigenvalue weighted by atomic mass is 32.2. The van der Waals surface area contributed by atoms with E-state index >= 15 is 0 Å². The van der Waals surface area contributed by atoms with Crippen molar-refractivity contribution < 1.29 is 26.3 Å². The average molecular weight is 350 g/mol. The molecule has 0 heterocycles. The van der Waals surface area contributed by atoms with Gasteiger partial charge in [-0.1, -0.05) is 11.8 Å². The van der Waals surface area contributed by atoms with Crippen molar-refractivity contribution >= 4 is 28.3 Å². The van der Waals surface area contributed by atoms with Gasteiger partial charge in [0.25, 0.3) is 0 Å². The molecule has 0 aromatic heterocycles. The van der Waals surface area contributed by atoms with Crippen LogP contribution in [0, 0.1) is 34.9 Å². The monoisotopic (exact) mass is 350 g/mol. The molecule has 0 spiro atoms. The highest BCUT2D eigenvalue weighted by molar-refractivity contribution is 8.13. The van der Waals surface area contributed by atoms with Crippen molar-refractivity contribution in [1.82, 2.24) is 0 Å². The van der Waals surface area contributed by atoms with E-state index in [2.05, 4.69) is 10.3 Å². The Morgan fingerprint density at radius 1 is 0.826 bits per heavy atom. The van der Waals surface area contributed by atoms with Crippen LogP contribution in [-0.2, 0) is 0 Å². The van der Waals surface area contributed by atoms with E-state index in [1.54, 1.807) is 0 Å². The Kier molecular flexibility index (Phi) is 5.19. The molecule has 0 unspecified atom stereocenters. The Bertz CT molecular complexity index is 778. The minimum absolute atomic E-state index is 0.139. The minimum Gasteiger partial charge on any atom is -0.332 e. The summed E-state index contributed by atoms with van der Waals surface area (Å²) in [4.78, 5) is 3.67. The predicted octanol–water partition coefficient (Wildman–Crippen LogP) is 4.98. The Morgan fingerprint density at radius 2 is 1.39 bits per heavy atom. The summed E-state index contributed by atoms with van der Waals surface area (Å²) in [6, 6.07) is 3.17. The van der Waals surface area contributed by atoms with Gasteiger partial charge in [-0.25, -0.2) is 31.3 Å². The number of benzene rings is 2. The van der Waals surface area contributed by atoms with Crippen molar-refractivity contribution in [2.45, 2.75) is 0 Å². The SMILES string of the molecule is CSC(=Nc1ccc(F)c(F)c1F)Nc1ccc(F)c(F)c1F. The molecule has 0 saturated heterocycles. The number of hydrogen-bond donors (Lipinski definition) is 1. The van der Waals surface area contributed by atoms with Crippen molar-refractivity contribution in [3.63, 3.8) is 0 Å². The molecule has 0 fully saturated rings. The van der Waals surface area contributed by atoms with Crippen LogP contribution >= 0.6 is 11.8 Å². The molecule has 0 aliphatic heterocycles. The lowest BCUT2D eigenvalue weighted by Crippen LogP contribution is -2.10. The highest BCUT2D eigenvalue weighted by Gasteiger charge is 2.16. The zero-order chi connectivity index (χ0) is 17.1. The van der Waals surface area contributed by atoms with Crippen LogP contribution in [0.3, 0.4) is 0 Å². The molecule has 0 amide bonds. The second kappa shape index (κ2) is 6.95. The first kappa shape index (κ1) is 17.2. The van der Waals surface area contributed by atoms with Gasteiger partial charge in [-0.05, 0) is 30.5 Å². The summed E-state index contributed by atoms with van der Waals surface area (Å²) in [6.45, 7) is 0. The lowest BCUT2D eigenvalue weighted by atomic mass is 10.3. The largest absolute Gasteiger partial charge is 0.332 e. The maximum absolute atomic E-state index is 13.6. The van der Waals surface area contributed by atoms with Gasteiger partial charge in [-0.3, -0.25) is 0 Å². The second-order valence-electron chi connectivity index (χ2n) is 4.16. The van der Waals surface area contributed by atoms with Crippen molar-refractivity contribution in [1.29, 1.82) is 0 Å². The molecule has 0 aliphatic rings. The Morgan fingerprint density at radius 3 is 2.00 bits per heavy atom. The number of amidine groups is 1. The van der Waals surface area contributed by atoms with E-state index in [9.17, 15) is 26.3 Å². The molecule has 122 valence electrons. The summed E-state index contributed by atoms with van der Waals surface area (Å²) in [5.74, 6) is -9.16. The zero-order valence-corrected chi connectivity index (χ0v) is 12.2.